The van der Waals surface area contributed by atoms with Crippen LogP contribution in [0.3, 0.4) is 0 Å². The van der Waals surface area contributed by atoms with E-state index in [2.05, 4.69) is 9.97 Å². The Kier molecular flexibility index (Phi) is 2.82. The molecule has 2 N–H and O–H groups in total. The first-order valence-electron chi connectivity index (χ1n) is 4.16. The largest absolute Gasteiger partial charge is 0.628 e. The Morgan fingerprint density at radius 1 is 1.40 bits per heavy atom. The van der Waals surface area contributed by atoms with Crippen molar-refractivity contribution in [2.24, 2.45) is 0 Å². The molecule has 2 heterocycles. The van der Waals surface area contributed by atoms with Gasteiger partial charge in [0.05, 0.1) is 0 Å². The van der Waals surface area contributed by atoms with Gasteiger partial charge in [0.25, 0.3) is 0 Å². The number of carbonyl (C=O) groups excluding carboxylic acids is 1. The van der Waals surface area contributed by atoms with E-state index in [0.717, 1.165) is 5.56 Å². The maximum Gasteiger partial charge on any atom is 0.361 e. The van der Waals surface area contributed by atoms with Crippen LogP contribution in [0, 0.1) is 5.21 Å². The second-order valence-corrected chi connectivity index (χ2v) is 3.61. The highest BCUT2D eigenvalue weighted by Crippen LogP contribution is 2.22. The lowest BCUT2D eigenvalue weighted by atomic mass is 10.3. The van der Waals surface area contributed by atoms with E-state index in [-0.39, 0.29) is 11.2 Å². The van der Waals surface area contributed by atoms with Crippen LogP contribution in [0.1, 0.15) is 10.5 Å². The second-order valence-electron chi connectivity index (χ2n) is 2.76. The molecule has 2 rings (SSSR count). The molecule has 0 saturated heterocycles. The maximum absolute atomic E-state index is 11.0. The maximum atomic E-state index is 11.0. The third-order valence-electron chi connectivity index (χ3n) is 1.79. The lowest BCUT2D eigenvalue weighted by molar-refractivity contribution is -0.482. The number of thiazole rings is 1. The van der Waals surface area contributed by atoms with Gasteiger partial charge < -0.3 is 10.7 Å². The molecule has 0 aliphatic heterocycles. The molecule has 0 saturated carbocycles. The van der Waals surface area contributed by atoms with E-state index >= 15 is 0 Å². The van der Waals surface area contributed by atoms with Crippen molar-refractivity contribution < 1.29 is 10.3 Å². The number of aromatic nitrogens is 2. The first-order valence-corrected chi connectivity index (χ1v) is 5.04. The predicted octanol–water partition coefficient (Wildman–Crippen LogP) is 0.406. The highest BCUT2D eigenvalue weighted by atomic mass is 32.1. The number of nitrogens with two attached hydrogens (primary N) is 1. The van der Waals surface area contributed by atoms with Crippen molar-refractivity contribution in [2.45, 2.75) is 0 Å². The quantitative estimate of drug-likeness (QED) is 0.744. The van der Waals surface area contributed by atoms with Crippen LogP contribution in [0.4, 0.5) is 0 Å². The van der Waals surface area contributed by atoms with E-state index in [1.807, 2.05) is 0 Å². The third kappa shape index (κ3) is 2.07. The summed E-state index contributed by atoms with van der Waals surface area (Å²) in [5.41, 5.74) is 1.35. The number of amides is 1. The Bertz CT molecular complexity index is 469. The minimum absolute atomic E-state index is 0.196. The molecule has 2 aromatic heterocycles. The number of hydrogen-bond donors (Lipinski definition) is 1. The van der Waals surface area contributed by atoms with Crippen LogP contribution in [0.15, 0.2) is 29.9 Å². The molecule has 0 aromatic carbocycles. The zero-order valence-electron chi connectivity index (χ0n) is 7.58. The van der Waals surface area contributed by atoms with Gasteiger partial charge >= 0.3 is 5.91 Å². The lowest BCUT2D eigenvalue weighted by Crippen LogP contribution is -2.81. The summed E-state index contributed by atoms with van der Waals surface area (Å²) in [6.07, 6.45) is 3.30. The summed E-state index contributed by atoms with van der Waals surface area (Å²) in [7, 11) is 0. The summed E-state index contributed by atoms with van der Waals surface area (Å²) in [5.74, 6) is -0.591. The highest BCUT2D eigenvalue weighted by Gasteiger charge is 2.11. The van der Waals surface area contributed by atoms with Gasteiger partial charge in [-0.15, -0.1) is 11.3 Å². The van der Waals surface area contributed by atoms with Crippen LogP contribution in [-0.2, 0) is 0 Å². The van der Waals surface area contributed by atoms with Crippen molar-refractivity contribution in [1.29, 1.82) is 0 Å². The molecule has 0 bridgehead atoms. The molecule has 76 valence electrons. The summed E-state index contributed by atoms with van der Waals surface area (Å²) in [5, 5.41) is 12.5. The number of nitrogens with zero attached hydrogens (tertiary/aromatic N) is 2. The lowest BCUT2D eigenvalue weighted by Gasteiger charge is -1.95. The second kappa shape index (κ2) is 4.26. The highest BCUT2D eigenvalue weighted by molar-refractivity contribution is 7.13. The summed E-state index contributed by atoms with van der Waals surface area (Å²) in [6.45, 7) is 0. The Hall–Kier alpha value is -1.63. The van der Waals surface area contributed by atoms with Crippen molar-refractivity contribution in [3.05, 3.63) is 40.8 Å². The fourth-order valence-corrected chi connectivity index (χ4v) is 1.89. The van der Waals surface area contributed by atoms with Gasteiger partial charge in [-0.2, -0.15) is 0 Å². The molecule has 0 spiro atoms. The summed E-state index contributed by atoms with van der Waals surface area (Å²) < 4.78 is 0. The molecule has 0 unspecified atom stereocenters. The third-order valence-corrected chi connectivity index (χ3v) is 2.68. The first kappa shape index (κ1) is 9.91. The number of carbonyl (C=O) groups is 1. The van der Waals surface area contributed by atoms with Gasteiger partial charge in [-0.3, -0.25) is 4.98 Å². The Balaban J connectivity index is 2.32. The molecule has 0 radical (unpaired) electrons. The van der Waals surface area contributed by atoms with E-state index in [4.69, 9.17) is 0 Å². The van der Waals surface area contributed by atoms with E-state index in [1.165, 1.54) is 11.3 Å². The summed E-state index contributed by atoms with van der Waals surface area (Å²) in [6, 6.07) is 3.60. The van der Waals surface area contributed by atoms with E-state index in [1.54, 1.807) is 29.9 Å². The number of hydroxylamine groups is 1. The summed E-state index contributed by atoms with van der Waals surface area (Å²) in [4.78, 5) is 19.0. The molecule has 15 heavy (non-hydrogen) atoms. The molecule has 0 fully saturated rings. The van der Waals surface area contributed by atoms with Crippen LogP contribution in [0.25, 0.3) is 10.6 Å². The van der Waals surface area contributed by atoms with Crippen LogP contribution in [0.5, 0.6) is 0 Å². The SMILES string of the molecule is O=C([NH2+][O-])c1csc(-c2ccncc2)n1. The number of rotatable bonds is 2. The van der Waals surface area contributed by atoms with E-state index < -0.39 is 5.91 Å². The number of hydrogen-bond acceptors (Lipinski definition) is 5. The van der Waals surface area contributed by atoms with Crippen molar-refractivity contribution >= 4 is 17.2 Å². The molecule has 0 atom stereocenters. The Morgan fingerprint density at radius 3 is 2.80 bits per heavy atom. The first-order chi connectivity index (χ1) is 7.31. The Labute approximate surface area is 89.4 Å². The monoisotopic (exact) mass is 221 g/mol. The Morgan fingerprint density at radius 2 is 2.13 bits per heavy atom. The normalized spacial score (nSPS) is 10.2. The van der Waals surface area contributed by atoms with Crippen molar-refractivity contribution in [3.63, 3.8) is 0 Å². The zero-order chi connectivity index (χ0) is 10.7. The van der Waals surface area contributed by atoms with Crippen LogP contribution in [0.2, 0.25) is 0 Å². The van der Waals surface area contributed by atoms with Crippen molar-refractivity contribution in [2.75, 3.05) is 0 Å². The molecule has 5 nitrogen and oxygen atoms in total. The van der Waals surface area contributed by atoms with Crippen molar-refractivity contribution in [1.82, 2.24) is 9.97 Å². The van der Waals surface area contributed by atoms with Gasteiger partial charge in [0, 0.05) is 23.3 Å². The van der Waals surface area contributed by atoms with Gasteiger partial charge in [-0.25, -0.2) is 9.78 Å². The number of primary amides is 1. The smallest absolute Gasteiger partial charge is 0.361 e. The topological polar surface area (TPSA) is 82.5 Å². The van der Waals surface area contributed by atoms with Gasteiger partial charge in [0.1, 0.15) is 5.01 Å². The number of pyridine rings is 1. The molecular weight excluding hydrogens is 214 g/mol. The van der Waals surface area contributed by atoms with Crippen molar-refractivity contribution in [3.8, 4) is 10.6 Å². The van der Waals surface area contributed by atoms with Gasteiger partial charge in [-0.05, 0) is 12.1 Å². The molecule has 2 aromatic rings. The zero-order valence-corrected chi connectivity index (χ0v) is 8.40. The minimum Gasteiger partial charge on any atom is -0.628 e. The molecule has 6 heteroatoms. The van der Waals surface area contributed by atoms with E-state index in [9.17, 15) is 10.0 Å². The number of quaternary nitrogens is 1. The fraction of sp³-hybridized carbons (Fsp3) is 0. The molecule has 0 aliphatic rings. The van der Waals surface area contributed by atoms with Gasteiger partial charge in [0.2, 0.25) is 0 Å². The van der Waals surface area contributed by atoms with Crippen LogP contribution in [-0.4, -0.2) is 15.9 Å². The average molecular weight is 221 g/mol. The fourth-order valence-electron chi connectivity index (χ4n) is 1.07. The van der Waals surface area contributed by atoms with Gasteiger partial charge in [-0.1, -0.05) is 0 Å². The molecule has 1 amide bonds. The van der Waals surface area contributed by atoms with E-state index in [0.29, 0.717) is 5.01 Å². The van der Waals surface area contributed by atoms with Crippen LogP contribution >= 0.6 is 11.3 Å². The summed E-state index contributed by atoms with van der Waals surface area (Å²) >= 11 is 1.33. The predicted molar refractivity (Wildman–Crippen MR) is 55.0 cm³/mol. The molecular formula is C9H7N3O2S. The standard InChI is InChI=1S/C9H7N3O2S/c13-8(12-14)7-5-15-9(11-7)6-1-3-10-4-2-6/h1-5H,12H2. The average Bonchev–Trinajstić information content (AvgIpc) is 2.78. The minimum atomic E-state index is -0.591. The molecule has 0 aliphatic carbocycles. The van der Waals surface area contributed by atoms with Gasteiger partial charge in [0.15, 0.2) is 5.69 Å². The van der Waals surface area contributed by atoms with Crippen LogP contribution < -0.4 is 5.48 Å².